The highest BCUT2D eigenvalue weighted by Gasteiger charge is 2.34. The number of thioether (sulfide) groups is 1. The van der Waals surface area contributed by atoms with Crippen molar-refractivity contribution in [3.63, 3.8) is 0 Å². The number of thiocarbonyl (C=S) groups is 1. The number of carbonyl (C=O) groups is 2. The van der Waals surface area contributed by atoms with Gasteiger partial charge in [0.1, 0.15) is 0 Å². The summed E-state index contributed by atoms with van der Waals surface area (Å²) in [6.07, 6.45) is 1.11. The normalized spacial score (nSPS) is 15.9. The summed E-state index contributed by atoms with van der Waals surface area (Å²) in [4.78, 5) is 26.5. The van der Waals surface area contributed by atoms with Crippen LogP contribution in [0.1, 0.15) is 37.0 Å². The third-order valence-corrected chi connectivity index (χ3v) is 6.17. The lowest BCUT2D eigenvalue weighted by Crippen LogP contribution is -2.28. The van der Waals surface area contributed by atoms with Crippen LogP contribution in [0.2, 0.25) is 0 Å². The van der Waals surface area contributed by atoms with Gasteiger partial charge in [0.05, 0.1) is 17.2 Å². The van der Waals surface area contributed by atoms with Crippen LogP contribution in [0, 0.1) is 13.8 Å². The summed E-state index contributed by atoms with van der Waals surface area (Å²) >= 11 is 6.73. The van der Waals surface area contributed by atoms with Crippen molar-refractivity contribution in [1.29, 1.82) is 0 Å². The number of hydrogen-bond acceptors (Lipinski definition) is 6. The lowest BCUT2D eigenvalue weighted by atomic mass is 10.1. The molecule has 0 spiro atoms. The predicted molar refractivity (Wildman–Crippen MR) is 132 cm³/mol. The van der Waals surface area contributed by atoms with Gasteiger partial charge >= 0.3 is 5.97 Å². The molecule has 0 aliphatic carbocycles. The van der Waals surface area contributed by atoms with Gasteiger partial charge in [0.2, 0.25) is 0 Å². The molecular formula is C24H25NO5S2. The molecule has 6 nitrogen and oxygen atoms in total. The molecule has 2 aromatic carbocycles. The Morgan fingerprint density at radius 2 is 1.94 bits per heavy atom. The first-order valence-electron chi connectivity index (χ1n) is 10.3. The maximum absolute atomic E-state index is 13.1. The Bertz CT molecular complexity index is 1100. The van der Waals surface area contributed by atoms with E-state index in [1.54, 1.807) is 36.1 Å². The molecule has 0 saturated carbocycles. The summed E-state index contributed by atoms with van der Waals surface area (Å²) in [6.45, 7) is 7.92. The molecule has 1 amide bonds. The smallest absolute Gasteiger partial charge is 0.344 e. The summed E-state index contributed by atoms with van der Waals surface area (Å²) in [7, 11) is 0. The van der Waals surface area contributed by atoms with Crippen LogP contribution in [-0.2, 0) is 9.59 Å². The van der Waals surface area contributed by atoms with E-state index in [-0.39, 0.29) is 5.91 Å². The fourth-order valence-corrected chi connectivity index (χ4v) is 4.61. The van der Waals surface area contributed by atoms with E-state index in [0.29, 0.717) is 33.8 Å². The number of anilines is 1. The predicted octanol–water partition coefficient (Wildman–Crippen LogP) is 5.35. The van der Waals surface area contributed by atoms with Gasteiger partial charge < -0.3 is 14.6 Å². The topological polar surface area (TPSA) is 76.1 Å². The van der Waals surface area contributed by atoms with Gasteiger partial charge in [-0.15, -0.1) is 0 Å². The van der Waals surface area contributed by atoms with Crippen molar-refractivity contribution in [3.05, 3.63) is 58.0 Å². The maximum Gasteiger partial charge on any atom is 0.344 e. The minimum atomic E-state index is -1.03. The molecule has 1 atom stereocenters. The van der Waals surface area contributed by atoms with Crippen molar-refractivity contribution in [2.24, 2.45) is 0 Å². The second-order valence-electron chi connectivity index (χ2n) is 7.30. The third-order valence-electron chi connectivity index (χ3n) is 4.87. The van der Waals surface area contributed by atoms with Crippen molar-refractivity contribution >= 4 is 51.9 Å². The number of rotatable bonds is 8. The van der Waals surface area contributed by atoms with Crippen molar-refractivity contribution < 1.29 is 24.2 Å². The molecule has 1 aliphatic heterocycles. The van der Waals surface area contributed by atoms with Gasteiger partial charge in [-0.25, -0.2) is 4.79 Å². The standard InChI is InChI=1S/C24H25NO5S2/c1-5-18(23(27)28)30-19-10-8-16(12-20(19)29-6-2)13-21-22(26)25(24(31)32-21)17-9-7-14(3)11-15(17)4/h7-13,18H,5-6H2,1-4H3,(H,27,28)/b21-13+. The van der Waals surface area contributed by atoms with Crippen molar-refractivity contribution in [2.45, 2.75) is 40.2 Å². The van der Waals surface area contributed by atoms with E-state index in [1.807, 2.05) is 39.0 Å². The summed E-state index contributed by atoms with van der Waals surface area (Å²) in [5, 5.41) is 9.27. The molecule has 1 heterocycles. The molecule has 0 aromatic heterocycles. The van der Waals surface area contributed by atoms with E-state index in [1.165, 1.54) is 11.8 Å². The van der Waals surface area contributed by atoms with E-state index in [4.69, 9.17) is 21.7 Å². The molecule has 1 saturated heterocycles. The van der Waals surface area contributed by atoms with E-state index >= 15 is 0 Å². The van der Waals surface area contributed by atoms with E-state index in [0.717, 1.165) is 22.4 Å². The quantitative estimate of drug-likeness (QED) is 0.411. The van der Waals surface area contributed by atoms with E-state index < -0.39 is 12.1 Å². The Kier molecular flexibility index (Phi) is 7.58. The number of carboxylic acid groups (broad SMARTS) is 1. The highest BCUT2D eigenvalue weighted by molar-refractivity contribution is 8.27. The number of aryl methyl sites for hydroxylation is 2. The van der Waals surface area contributed by atoms with Gasteiger partial charge in [0, 0.05) is 0 Å². The zero-order valence-corrected chi connectivity index (χ0v) is 20.0. The fraction of sp³-hybridized carbons (Fsp3) is 0.292. The van der Waals surface area contributed by atoms with E-state index in [2.05, 4.69) is 0 Å². The molecular weight excluding hydrogens is 446 g/mol. The van der Waals surface area contributed by atoms with Gasteiger partial charge in [-0.2, -0.15) is 0 Å². The average molecular weight is 472 g/mol. The first-order chi connectivity index (χ1) is 15.2. The Morgan fingerprint density at radius 3 is 2.56 bits per heavy atom. The number of aliphatic carboxylic acids is 1. The van der Waals surface area contributed by atoms with Crippen LogP contribution in [0.15, 0.2) is 41.3 Å². The Hall–Kier alpha value is -2.84. The highest BCUT2D eigenvalue weighted by atomic mass is 32.2. The molecule has 8 heteroatoms. The zero-order valence-electron chi connectivity index (χ0n) is 18.4. The molecule has 3 rings (SSSR count). The highest BCUT2D eigenvalue weighted by Crippen LogP contribution is 2.38. The summed E-state index contributed by atoms with van der Waals surface area (Å²) in [5.74, 6) is -0.442. The number of carboxylic acids is 1. The van der Waals surface area contributed by atoms with Crippen LogP contribution in [0.4, 0.5) is 5.69 Å². The van der Waals surface area contributed by atoms with Crippen LogP contribution < -0.4 is 14.4 Å². The molecule has 0 bridgehead atoms. The Morgan fingerprint density at radius 1 is 1.19 bits per heavy atom. The second kappa shape index (κ2) is 10.2. The minimum Gasteiger partial charge on any atom is -0.490 e. The first-order valence-corrected chi connectivity index (χ1v) is 11.5. The third kappa shape index (κ3) is 5.14. The Labute approximate surface area is 197 Å². The van der Waals surface area contributed by atoms with Crippen LogP contribution in [0.25, 0.3) is 6.08 Å². The lowest BCUT2D eigenvalue weighted by molar-refractivity contribution is -0.145. The number of nitrogens with zero attached hydrogens (tertiary/aromatic N) is 1. The summed E-state index contributed by atoms with van der Waals surface area (Å²) < 4.78 is 11.8. The monoisotopic (exact) mass is 471 g/mol. The second-order valence-corrected chi connectivity index (χ2v) is 8.97. The van der Waals surface area contributed by atoms with Crippen molar-refractivity contribution in [2.75, 3.05) is 11.5 Å². The minimum absolute atomic E-state index is 0.179. The zero-order chi connectivity index (χ0) is 23.4. The average Bonchev–Trinajstić information content (AvgIpc) is 3.00. The molecule has 1 aliphatic rings. The van der Waals surface area contributed by atoms with Crippen LogP contribution in [0.5, 0.6) is 11.5 Å². The number of ether oxygens (including phenoxy) is 2. The van der Waals surface area contributed by atoms with Crippen LogP contribution >= 0.6 is 24.0 Å². The molecule has 32 heavy (non-hydrogen) atoms. The number of benzene rings is 2. The SMILES string of the molecule is CCOc1cc(/C=C2/SC(=S)N(c3ccc(C)cc3C)C2=O)ccc1OC(CC)C(=O)O. The van der Waals surface area contributed by atoms with Crippen molar-refractivity contribution in [3.8, 4) is 11.5 Å². The van der Waals surface area contributed by atoms with Gasteiger partial charge in [0.25, 0.3) is 5.91 Å². The molecule has 0 radical (unpaired) electrons. The van der Waals surface area contributed by atoms with Gasteiger partial charge in [-0.05, 0) is 62.6 Å². The number of amides is 1. The first kappa shape index (κ1) is 23.8. The fourth-order valence-electron chi connectivity index (χ4n) is 3.32. The largest absolute Gasteiger partial charge is 0.490 e. The van der Waals surface area contributed by atoms with Crippen molar-refractivity contribution in [1.82, 2.24) is 0 Å². The van der Waals surface area contributed by atoms with Gasteiger partial charge in [0.15, 0.2) is 21.9 Å². The summed E-state index contributed by atoms with van der Waals surface area (Å²) in [5.41, 5.74) is 3.60. The van der Waals surface area contributed by atoms with E-state index in [9.17, 15) is 14.7 Å². The molecule has 1 unspecified atom stereocenters. The number of hydrogen-bond donors (Lipinski definition) is 1. The van der Waals surface area contributed by atoms with Gasteiger partial charge in [-0.1, -0.05) is 54.7 Å². The molecule has 1 N–H and O–H groups in total. The Balaban J connectivity index is 1.90. The van der Waals surface area contributed by atoms with Crippen LogP contribution in [0.3, 0.4) is 0 Å². The molecule has 168 valence electrons. The molecule has 2 aromatic rings. The maximum atomic E-state index is 13.1. The van der Waals surface area contributed by atoms with Gasteiger partial charge in [-0.3, -0.25) is 9.69 Å². The number of carbonyl (C=O) groups excluding carboxylic acids is 1. The summed E-state index contributed by atoms with van der Waals surface area (Å²) in [6, 6.07) is 11.0. The van der Waals surface area contributed by atoms with Crippen LogP contribution in [-0.4, -0.2) is 34.0 Å². The molecule has 1 fully saturated rings. The lowest BCUT2D eigenvalue weighted by Gasteiger charge is -2.17.